The fraction of sp³-hybridized carbons (Fsp3) is 1.00. The number of halogens is 3. The van der Waals surface area contributed by atoms with Gasteiger partial charge in [-0.1, -0.05) is 96.8 Å². The normalized spacial score (nSPS) is 13.1. The van der Waals surface area contributed by atoms with Crippen LogP contribution in [-0.4, -0.2) is 33.1 Å². The highest BCUT2D eigenvalue weighted by atomic mass is 19.4. The highest BCUT2D eigenvalue weighted by Crippen LogP contribution is 2.34. The lowest BCUT2D eigenvalue weighted by atomic mass is 9.94. The van der Waals surface area contributed by atoms with Gasteiger partial charge in [-0.3, -0.25) is 0 Å². The van der Waals surface area contributed by atoms with Gasteiger partial charge in [0.15, 0.2) is 0 Å². The van der Waals surface area contributed by atoms with Gasteiger partial charge in [-0.15, -0.1) is 0 Å². The van der Waals surface area contributed by atoms with E-state index in [1.54, 1.807) is 7.11 Å². The maximum atomic E-state index is 13.3. The Morgan fingerprint density at radius 3 is 1.35 bits per heavy atom. The zero-order valence-corrected chi connectivity index (χ0v) is 20.6. The number of hydrogen-bond donors (Lipinski definition) is 0. The third-order valence-electron chi connectivity index (χ3n) is 6.10. The maximum Gasteiger partial charge on any atom is 0.391 e. The van der Waals surface area contributed by atoms with Crippen LogP contribution in [0.3, 0.4) is 0 Å². The number of ether oxygens (including phenoxy) is 2. The van der Waals surface area contributed by atoms with Gasteiger partial charge in [-0.05, 0) is 32.1 Å². The Morgan fingerprint density at radius 2 is 0.935 bits per heavy atom. The monoisotopic (exact) mass is 452 g/mol. The van der Waals surface area contributed by atoms with Crippen molar-refractivity contribution < 1.29 is 22.6 Å². The average molecular weight is 453 g/mol. The molecule has 0 N–H and O–H groups in total. The van der Waals surface area contributed by atoms with Crippen LogP contribution in [-0.2, 0) is 9.47 Å². The van der Waals surface area contributed by atoms with Gasteiger partial charge in [-0.25, -0.2) is 0 Å². The molecular weight excluding hydrogens is 401 g/mol. The molecule has 0 aromatic rings. The molecular formula is C26H51F3O2. The zero-order valence-electron chi connectivity index (χ0n) is 20.6. The maximum absolute atomic E-state index is 13.3. The van der Waals surface area contributed by atoms with Crippen molar-refractivity contribution in [2.24, 2.45) is 5.92 Å². The van der Waals surface area contributed by atoms with Crippen LogP contribution < -0.4 is 0 Å². The first-order valence-corrected chi connectivity index (χ1v) is 13.2. The van der Waals surface area contributed by atoms with Crippen LogP contribution in [0, 0.1) is 5.92 Å². The standard InChI is InChI=1S/C26H51F3O2/c1-3-4-5-6-7-10-15-20-25(26(27,28)29)21-16-11-14-19-24-31-23-18-13-9-8-12-17-22-30-2/h25H,3-24H2,1-2H3. The Kier molecular flexibility index (Phi) is 22.7. The highest BCUT2D eigenvalue weighted by molar-refractivity contribution is 4.68. The summed E-state index contributed by atoms with van der Waals surface area (Å²) < 4.78 is 50.5. The molecule has 0 spiro atoms. The second-order valence-corrected chi connectivity index (χ2v) is 9.08. The summed E-state index contributed by atoms with van der Waals surface area (Å²) in [5.41, 5.74) is 0. The van der Waals surface area contributed by atoms with E-state index in [4.69, 9.17) is 9.47 Å². The molecule has 1 atom stereocenters. The first kappa shape index (κ1) is 30.7. The van der Waals surface area contributed by atoms with E-state index >= 15 is 0 Å². The minimum atomic E-state index is -4.03. The lowest BCUT2D eigenvalue weighted by molar-refractivity contribution is -0.178. The Bertz CT molecular complexity index is 348. The molecule has 0 saturated carbocycles. The van der Waals surface area contributed by atoms with E-state index < -0.39 is 12.1 Å². The smallest absolute Gasteiger partial charge is 0.385 e. The van der Waals surface area contributed by atoms with Crippen LogP contribution >= 0.6 is 0 Å². The largest absolute Gasteiger partial charge is 0.391 e. The third kappa shape index (κ3) is 22.7. The Labute approximate surface area is 191 Å². The molecule has 0 aromatic heterocycles. The first-order valence-electron chi connectivity index (χ1n) is 13.2. The lowest BCUT2D eigenvalue weighted by Gasteiger charge is -2.20. The van der Waals surface area contributed by atoms with Crippen LogP contribution in [0.5, 0.6) is 0 Å². The summed E-state index contributed by atoms with van der Waals surface area (Å²) in [4.78, 5) is 0. The number of methoxy groups -OCH3 is 1. The molecule has 0 aliphatic carbocycles. The molecule has 1 unspecified atom stereocenters. The molecule has 0 aliphatic heterocycles. The Balaban J connectivity index is 3.51. The summed E-state index contributed by atoms with van der Waals surface area (Å²) in [6.45, 7) is 4.59. The van der Waals surface area contributed by atoms with Crippen molar-refractivity contribution in [1.82, 2.24) is 0 Å². The lowest BCUT2D eigenvalue weighted by Crippen LogP contribution is -2.22. The van der Waals surface area contributed by atoms with Crippen molar-refractivity contribution in [2.45, 2.75) is 135 Å². The van der Waals surface area contributed by atoms with Gasteiger partial charge in [-0.2, -0.15) is 13.2 Å². The van der Waals surface area contributed by atoms with E-state index in [-0.39, 0.29) is 0 Å². The molecule has 188 valence electrons. The summed E-state index contributed by atoms with van der Waals surface area (Å²) in [5.74, 6) is -1.10. The molecule has 5 heteroatoms. The molecule has 0 radical (unpaired) electrons. The van der Waals surface area contributed by atoms with Gasteiger partial charge in [0.25, 0.3) is 0 Å². The molecule has 2 nitrogen and oxygen atoms in total. The molecule has 0 rings (SSSR count). The van der Waals surface area contributed by atoms with Gasteiger partial charge < -0.3 is 9.47 Å². The fourth-order valence-corrected chi connectivity index (χ4v) is 4.03. The second-order valence-electron chi connectivity index (χ2n) is 9.08. The van der Waals surface area contributed by atoms with Crippen molar-refractivity contribution >= 4 is 0 Å². The van der Waals surface area contributed by atoms with Crippen LogP contribution in [0.1, 0.15) is 129 Å². The van der Waals surface area contributed by atoms with Gasteiger partial charge in [0.05, 0.1) is 5.92 Å². The van der Waals surface area contributed by atoms with Crippen molar-refractivity contribution in [2.75, 3.05) is 26.9 Å². The van der Waals surface area contributed by atoms with Crippen molar-refractivity contribution in [3.05, 3.63) is 0 Å². The minimum Gasteiger partial charge on any atom is -0.385 e. The number of rotatable bonds is 24. The molecule has 0 bridgehead atoms. The van der Waals surface area contributed by atoms with Gasteiger partial charge >= 0.3 is 6.18 Å². The summed E-state index contributed by atoms with van der Waals surface area (Å²) in [6.07, 6.45) is 14.9. The topological polar surface area (TPSA) is 18.5 Å². The average Bonchev–Trinajstić information content (AvgIpc) is 2.73. The van der Waals surface area contributed by atoms with Gasteiger partial charge in [0, 0.05) is 26.9 Å². The molecule has 0 amide bonds. The van der Waals surface area contributed by atoms with E-state index in [2.05, 4.69) is 6.92 Å². The summed E-state index contributed by atoms with van der Waals surface area (Å²) in [6, 6.07) is 0. The molecule has 0 heterocycles. The predicted molar refractivity (Wildman–Crippen MR) is 126 cm³/mol. The van der Waals surface area contributed by atoms with Crippen LogP contribution in [0.2, 0.25) is 0 Å². The van der Waals surface area contributed by atoms with Crippen molar-refractivity contribution in [1.29, 1.82) is 0 Å². The molecule has 0 saturated heterocycles. The van der Waals surface area contributed by atoms with E-state index in [0.29, 0.717) is 19.3 Å². The minimum absolute atomic E-state index is 0.296. The molecule has 31 heavy (non-hydrogen) atoms. The van der Waals surface area contributed by atoms with E-state index in [0.717, 1.165) is 71.2 Å². The fourth-order valence-electron chi connectivity index (χ4n) is 4.03. The highest BCUT2D eigenvalue weighted by Gasteiger charge is 2.38. The summed E-state index contributed by atoms with van der Waals surface area (Å²) >= 11 is 0. The van der Waals surface area contributed by atoms with E-state index in [1.165, 1.54) is 51.4 Å². The number of unbranched alkanes of at least 4 members (excludes halogenated alkanes) is 14. The first-order chi connectivity index (χ1) is 15.0. The Morgan fingerprint density at radius 1 is 0.548 bits per heavy atom. The van der Waals surface area contributed by atoms with Crippen LogP contribution in [0.25, 0.3) is 0 Å². The molecule has 0 aromatic carbocycles. The molecule has 0 fully saturated rings. The van der Waals surface area contributed by atoms with Crippen LogP contribution in [0.15, 0.2) is 0 Å². The van der Waals surface area contributed by atoms with E-state index in [1.807, 2.05) is 0 Å². The number of alkyl halides is 3. The zero-order chi connectivity index (χ0) is 23.0. The van der Waals surface area contributed by atoms with Gasteiger partial charge in [0.1, 0.15) is 0 Å². The SMILES string of the molecule is CCCCCCCCCC(CCCCCCOCCCCCCCCOC)C(F)(F)F. The predicted octanol–water partition coefficient (Wildman–Crippen LogP) is 9.26. The molecule has 0 aliphatic rings. The second kappa shape index (κ2) is 22.9. The van der Waals surface area contributed by atoms with Gasteiger partial charge in [0.2, 0.25) is 0 Å². The summed E-state index contributed by atoms with van der Waals surface area (Å²) in [7, 11) is 1.74. The van der Waals surface area contributed by atoms with Crippen molar-refractivity contribution in [3.63, 3.8) is 0 Å². The Hall–Kier alpha value is -0.290. The third-order valence-corrected chi connectivity index (χ3v) is 6.10. The quantitative estimate of drug-likeness (QED) is 0.136. The van der Waals surface area contributed by atoms with Crippen molar-refractivity contribution in [3.8, 4) is 0 Å². The number of hydrogen-bond acceptors (Lipinski definition) is 2. The van der Waals surface area contributed by atoms with E-state index in [9.17, 15) is 13.2 Å². The van der Waals surface area contributed by atoms with Crippen LogP contribution in [0.4, 0.5) is 13.2 Å². The summed E-state index contributed by atoms with van der Waals surface area (Å²) in [5, 5.41) is 0.